The van der Waals surface area contributed by atoms with Gasteiger partial charge in [-0.1, -0.05) is 22.0 Å². The summed E-state index contributed by atoms with van der Waals surface area (Å²) in [6, 6.07) is 3.29. The number of nitrogens with one attached hydrogen (secondary N) is 2. The van der Waals surface area contributed by atoms with E-state index in [1.807, 2.05) is 18.7 Å². The Kier molecular flexibility index (Phi) is 10.6. The average molecular weight is 653 g/mol. The maximum absolute atomic E-state index is 14.0. The number of benzene rings is 1. The van der Waals surface area contributed by atoms with E-state index in [0.717, 1.165) is 0 Å². The summed E-state index contributed by atoms with van der Waals surface area (Å²) in [5.74, 6) is -0.824. The summed E-state index contributed by atoms with van der Waals surface area (Å²) >= 11 is 4.72. The molecule has 2 unspecified atom stereocenters. The van der Waals surface area contributed by atoms with Crippen molar-refractivity contribution in [3.63, 3.8) is 0 Å². The Bertz CT molecular complexity index is 1350. The van der Waals surface area contributed by atoms with Gasteiger partial charge in [-0.3, -0.25) is 19.5 Å². The first kappa shape index (κ1) is 30.8. The number of halogens is 2. The van der Waals surface area contributed by atoms with Gasteiger partial charge in [0.2, 0.25) is 5.91 Å². The van der Waals surface area contributed by atoms with E-state index >= 15 is 0 Å². The number of amidine groups is 1. The van der Waals surface area contributed by atoms with Gasteiger partial charge in [0.15, 0.2) is 17.1 Å². The third-order valence-corrected chi connectivity index (χ3v) is 7.77. The summed E-state index contributed by atoms with van der Waals surface area (Å²) in [6.45, 7) is 7.13. The van der Waals surface area contributed by atoms with Crippen molar-refractivity contribution in [3.8, 4) is 0 Å². The summed E-state index contributed by atoms with van der Waals surface area (Å²) in [7, 11) is 0. The van der Waals surface area contributed by atoms with E-state index in [4.69, 9.17) is 19.2 Å². The van der Waals surface area contributed by atoms with Crippen molar-refractivity contribution < 1.29 is 33.0 Å². The third kappa shape index (κ3) is 7.76. The van der Waals surface area contributed by atoms with Gasteiger partial charge in [0.25, 0.3) is 6.47 Å². The Morgan fingerprint density at radius 2 is 2.20 bits per heavy atom. The minimum absolute atomic E-state index is 0.00102. The number of nitrogens with zero attached hydrogens (tertiary/aromatic N) is 3. The summed E-state index contributed by atoms with van der Waals surface area (Å²) < 4.78 is 30.6. The number of aromatic nitrogens is 1. The number of aliphatic imine (C=N–C) groups is 1. The van der Waals surface area contributed by atoms with Crippen LogP contribution in [-0.4, -0.2) is 79.2 Å². The molecule has 1 aromatic heterocycles. The molecule has 1 saturated heterocycles. The molecule has 0 aliphatic carbocycles. The number of hydrogen-bond acceptors (Lipinski definition) is 11. The van der Waals surface area contributed by atoms with Crippen LogP contribution in [0.3, 0.4) is 0 Å². The fourth-order valence-electron chi connectivity index (χ4n) is 4.45. The Labute approximate surface area is 249 Å². The second kappa shape index (κ2) is 14.1. The summed E-state index contributed by atoms with van der Waals surface area (Å²) in [5.41, 5.74) is 1.81. The molecule has 0 radical (unpaired) electrons. The van der Waals surface area contributed by atoms with Crippen molar-refractivity contribution in [2.45, 2.75) is 45.5 Å². The predicted molar refractivity (Wildman–Crippen MR) is 153 cm³/mol. The lowest BCUT2D eigenvalue weighted by Gasteiger charge is -2.36. The third-order valence-electron chi connectivity index (χ3n) is 6.19. The standard InChI is InChI=1S/C27H31BrFN5O6S/c1-4-39-27(37)23-20(11-34-7-8-38-12-22(34)40-14-35)32-25(33-24(23)18-6-5-16(29)9-19(18)28)26-31-17(13-41-26)10-21(36)30-15(2)3/h5-6,9,13-15,22,24H,4,7-8,10-12H2,1-3H3,(H,30,36)(H,32,33). The van der Waals surface area contributed by atoms with Gasteiger partial charge in [-0.05, 0) is 38.5 Å². The molecule has 1 aromatic carbocycles. The van der Waals surface area contributed by atoms with Crippen LogP contribution < -0.4 is 10.6 Å². The molecule has 2 atom stereocenters. The molecule has 4 rings (SSSR count). The van der Waals surface area contributed by atoms with Gasteiger partial charge in [0.05, 0.1) is 37.5 Å². The van der Waals surface area contributed by atoms with Crippen LogP contribution in [0.5, 0.6) is 0 Å². The summed E-state index contributed by atoms with van der Waals surface area (Å²) in [6.07, 6.45) is -0.562. The van der Waals surface area contributed by atoms with Crippen LogP contribution in [0.15, 0.2) is 44.3 Å². The van der Waals surface area contributed by atoms with Crippen LogP contribution >= 0.6 is 27.3 Å². The van der Waals surface area contributed by atoms with Gasteiger partial charge in [0.1, 0.15) is 11.9 Å². The van der Waals surface area contributed by atoms with Crippen LogP contribution in [0, 0.1) is 5.82 Å². The summed E-state index contributed by atoms with van der Waals surface area (Å²) in [4.78, 5) is 48.2. The lowest BCUT2D eigenvalue weighted by Crippen LogP contribution is -2.50. The van der Waals surface area contributed by atoms with Crippen molar-refractivity contribution in [1.29, 1.82) is 0 Å². The highest BCUT2D eigenvalue weighted by molar-refractivity contribution is 9.10. The van der Waals surface area contributed by atoms with Gasteiger partial charge < -0.3 is 24.8 Å². The van der Waals surface area contributed by atoms with Gasteiger partial charge in [-0.25, -0.2) is 14.2 Å². The van der Waals surface area contributed by atoms with Gasteiger partial charge in [-0.2, -0.15) is 0 Å². The van der Waals surface area contributed by atoms with Gasteiger partial charge in [0, 0.05) is 34.7 Å². The molecule has 220 valence electrons. The second-order valence-corrected chi connectivity index (χ2v) is 11.3. The lowest BCUT2D eigenvalue weighted by molar-refractivity contribution is -0.160. The van der Waals surface area contributed by atoms with Crippen molar-refractivity contribution in [3.05, 3.63) is 61.4 Å². The van der Waals surface area contributed by atoms with Crippen molar-refractivity contribution >= 4 is 51.5 Å². The Morgan fingerprint density at radius 1 is 1.39 bits per heavy atom. The first-order chi connectivity index (χ1) is 19.7. The number of thiazole rings is 1. The highest BCUT2D eigenvalue weighted by atomic mass is 79.9. The molecule has 2 aliphatic heterocycles. The second-order valence-electron chi connectivity index (χ2n) is 9.56. The van der Waals surface area contributed by atoms with E-state index in [9.17, 15) is 18.8 Å². The molecule has 11 nitrogen and oxygen atoms in total. The Balaban J connectivity index is 1.77. The molecule has 2 aromatic rings. The quantitative estimate of drug-likeness (QED) is 0.278. The molecule has 41 heavy (non-hydrogen) atoms. The summed E-state index contributed by atoms with van der Waals surface area (Å²) in [5, 5.41) is 8.39. The zero-order chi connectivity index (χ0) is 29.5. The number of ether oxygens (including phenoxy) is 3. The molecule has 1 fully saturated rings. The highest BCUT2D eigenvalue weighted by Gasteiger charge is 2.36. The predicted octanol–water partition coefficient (Wildman–Crippen LogP) is 2.85. The Morgan fingerprint density at radius 3 is 2.90 bits per heavy atom. The minimum atomic E-state index is -0.877. The van der Waals surface area contributed by atoms with E-state index in [2.05, 4.69) is 31.5 Å². The average Bonchev–Trinajstić information content (AvgIpc) is 3.37. The van der Waals surface area contributed by atoms with E-state index in [1.165, 1.54) is 23.5 Å². The number of amides is 1. The SMILES string of the molecule is CCOC(=O)C1=C(CN2CCOCC2OC=O)NC(c2nc(CC(=O)NC(C)C)cs2)=NC1c1ccc(F)cc1Br. The zero-order valence-corrected chi connectivity index (χ0v) is 25.2. The monoisotopic (exact) mass is 651 g/mol. The topological polar surface area (TPSA) is 131 Å². The molecule has 1 amide bonds. The van der Waals surface area contributed by atoms with E-state index in [-0.39, 0.29) is 43.7 Å². The first-order valence-electron chi connectivity index (χ1n) is 13.0. The number of hydrogen-bond donors (Lipinski definition) is 2. The van der Waals surface area contributed by atoms with Gasteiger partial charge in [-0.15, -0.1) is 11.3 Å². The van der Waals surface area contributed by atoms with Gasteiger partial charge >= 0.3 is 5.97 Å². The molecule has 14 heteroatoms. The highest BCUT2D eigenvalue weighted by Crippen LogP contribution is 2.37. The van der Waals surface area contributed by atoms with E-state index in [0.29, 0.717) is 51.9 Å². The normalized spacial score (nSPS) is 19.4. The molecule has 0 saturated carbocycles. The molecule has 2 aliphatic rings. The fourth-order valence-corrected chi connectivity index (χ4v) is 5.79. The molecule has 2 N–H and O–H groups in total. The minimum Gasteiger partial charge on any atom is -0.463 e. The van der Waals surface area contributed by atoms with Crippen molar-refractivity contribution in [2.75, 3.05) is 32.9 Å². The van der Waals surface area contributed by atoms with E-state index in [1.54, 1.807) is 18.4 Å². The Hall–Kier alpha value is -3.20. The molecular formula is C27H31BrFN5O6S. The van der Waals surface area contributed by atoms with Crippen LogP contribution in [-0.2, 0) is 35.0 Å². The maximum atomic E-state index is 14.0. The fraction of sp³-hybridized carbons (Fsp3) is 0.444. The van der Waals surface area contributed by atoms with E-state index < -0.39 is 24.1 Å². The molecule has 0 bridgehead atoms. The number of carbonyl (C=O) groups excluding carboxylic acids is 3. The smallest absolute Gasteiger partial charge is 0.338 e. The van der Waals surface area contributed by atoms with Crippen LogP contribution in [0.25, 0.3) is 0 Å². The van der Waals surface area contributed by atoms with Crippen LogP contribution in [0.2, 0.25) is 0 Å². The largest absolute Gasteiger partial charge is 0.463 e. The van der Waals surface area contributed by atoms with Crippen LogP contribution in [0.4, 0.5) is 4.39 Å². The number of morpholine rings is 1. The number of rotatable bonds is 11. The zero-order valence-electron chi connectivity index (χ0n) is 22.8. The number of esters is 1. The van der Waals surface area contributed by atoms with Crippen LogP contribution in [0.1, 0.15) is 43.1 Å². The molecular weight excluding hydrogens is 621 g/mol. The maximum Gasteiger partial charge on any atom is 0.338 e. The number of carbonyl (C=O) groups is 3. The first-order valence-corrected chi connectivity index (χ1v) is 14.7. The lowest BCUT2D eigenvalue weighted by atomic mass is 9.95. The molecule has 0 spiro atoms. The van der Waals surface area contributed by atoms with Crippen molar-refractivity contribution in [1.82, 2.24) is 20.5 Å². The van der Waals surface area contributed by atoms with Crippen molar-refractivity contribution in [2.24, 2.45) is 4.99 Å². The molecule has 3 heterocycles.